The number of aliphatic hydroxyl groups is 8. The molecule has 1 unspecified atom stereocenters. The molecule has 0 radical (unpaired) electrons. The molecule has 0 aliphatic carbocycles. The Kier molecular flexibility index (Phi) is 21.8. The summed E-state index contributed by atoms with van der Waals surface area (Å²) in [6, 6.07) is 0. The van der Waals surface area contributed by atoms with E-state index in [1.807, 2.05) is 0 Å². The van der Waals surface area contributed by atoms with Crippen LogP contribution in [0.1, 0.15) is 110 Å². The predicted molar refractivity (Wildman–Crippen MR) is 156 cm³/mol. The molecule has 43 heavy (non-hydrogen) atoms. The van der Waals surface area contributed by atoms with Crippen molar-refractivity contribution >= 4 is 5.97 Å². The van der Waals surface area contributed by atoms with Gasteiger partial charge in [0, 0.05) is 6.42 Å². The normalized spacial score (nSPS) is 32.7. The minimum atomic E-state index is -1.74. The third-order valence-electron chi connectivity index (χ3n) is 7.97. The number of unbranched alkanes of at least 4 members (excludes halogenated alkanes) is 14. The number of carboxylic acids is 1. The summed E-state index contributed by atoms with van der Waals surface area (Å²) in [5, 5.41) is 85.0. The van der Waals surface area contributed by atoms with Gasteiger partial charge in [-0.25, -0.2) is 0 Å². The molecule has 0 bridgehead atoms. The summed E-state index contributed by atoms with van der Waals surface area (Å²) in [4.78, 5) is 10.3. The highest BCUT2D eigenvalue weighted by molar-refractivity contribution is 5.66. The second-order valence-electron chi connectivity index (χ2n) is 11.6. The number of ether oxygens (including phenoxy) is 3. The maximum absolute atomic E-state index is 10.3. The molecule has 2 fully saturated rings. The van der Waals surface area contributed by atoms with Gasteiger partial charge >= 0.3 is 5.97 Å². The van der Waals surface area contributed by atoms with Crippen LogP contribution in [0.15, 0.2) is 0 Å². The van der Waals surface area contributed by atoms with Crippen LogP contribution in [0.25, 0.3) is 0 Å². The summed E-state index contributed by atoms with van der Waals surface area (Å²) < 4.78 is 15.3. The molecule has 0 amide bonds. The van der Waals surface area contributed by atoms with E-state index >= 15 is 0 Å². The quantitative estimate of drug-likeness (QED) is 0.0858. The van der Waals surface area contributed by atoms with E-state index in [0.29, 0.717) is 6.42 Å². The highest BCUT2D eigenvalue weighted by Crippen LogP contribution is 2.28. The molecular weight excluding hydrogens is 568 g/mol. The Bertz CT molecular complexity index is 695. The fraction of sp³-hybridized carbons (Fsp3) is 0.967. The molecule has 10 atom stereocenters. The first kappa shape index (κ1) is 40.1. The van der Waals surface area contributed by atoms with E-state index in [2.05, 4.69) is 6.92 Å². The second kappa shape index (κ2) is 23.4. The maximum Gasteiger partial charge on any atom is 0.303 e. The molecule has 13 heteroatoms. The molecule has 2 aliphatic heterocycles. The molecule has 0 aromatic rings. The first-order chi connectivity index (χ1) is 20.6. The van der Waals surface area contributed by atoms with Crippen molar-refractivity contribution in [2.45, 2.75) is 171 Å². The predicted octanol–water partition coefficient (Wildman–Crippen LogP) is 0.935. The van der Waals surface area contributed by atoms with Gasteiger partial charge in [0.15, 0.2) is 12.6 Å². The number of carbonyl (C=O) groups is 1. The van der Waals surface area contributed by atoms with Gasteiger partial charge in [-0.1, -0.05) is 96.8 Å². The van der Waals surface area contributed by atoms with Gasteiger partial charge in [-0.15, -0.1) is 0 Å². The van der Waals surface area contributed by atoms with E-state index in [-0.39, 0.29) is 0 Å². The lowest BCUT2D eigenvalue weighted by Gasteiger charge is -2.45. The van der Waals surface area contributed by atoms with Crippen LogP contribution in [0.2, 0.25) is 0 Å². The number of aliphatic carboxylic acids is 1. The van der Waals surface area contributed by atoms with Gasteiger partial charge in [-0.2, -0.15) is 0 Å². The maximum atomic E-state index is 10.3. The molecule has 2 saturated heterocycles. The molecule has 0 aromatic heterocycles. The first-order valence-electron chi connectivity index (χ1n) is 16.1. The van der Waals surface area contributed by atoms with Gasteiger partial charge in [0.1, 0.15) is 48.8 Å². The topological polar surface area (TPSA) is 227 Å². The van der Waals surface area contributed by atoms with Crippen molar-refractivity contribution in [1.29, 1.82) is 0 Å². The number of carboxylic acid groups (broad SMARTS) is 1. The van der Waals surface area contributed by atoms with Gasteiger partial charge in [0.05, 0.1) is 13.2 Å². The number of hydrogen-bond acceptors (Lipinski definition) is 12. The summed E-state index contributed by atoms with van der Waals surface area (Å²) in [5.74, 6) is -0.653. The van der Waals surface area contributed by atoms with Crippen LogP contribution < -0.4 is 0 Å². The van der Waals surface area contributed by atoms with E-state index in [1.54, 1.807) is 0 Å². The second-order valence-corrected chi connectivity index (χ2v) is 11.6. The van der Waals surface area contributed by atoms with Crippen molar-refractivity contribution in [1.82, 2.24) is 0 Å². The summed E-state index contributed by atoms with van der Waals surface area (Å²) in [6.07, 6.45) is 4.63. The van der Waals surface area contributed by atoms with Crippen LogP contribution in [-0.4, -0.2) is 127 Å². The first-order valence-corrected chi connectivity index (χ1v) is 16.1. The monoisotopic (exact) mass is 626 g/mol. The van der Waals surface area contributed by atoms with Crippen molar-refractivity contribution < 1.29 is 65.0 Å². The van der Waals surface area contributed by atoms with Crippen LogP contribution in [-0.2, 0) is 19.0 Å². The van der Waals surface area contributed by atoms with E-state index in [0.717, 1.165) is 12.8 Å². The van der Waals surface area contributed by atoms with E-state index < -0.39 is 80.6 Å². The molecule has 0 spiro atoms. The summed E-state index contributed by atoms with van der Waals surface area (Å²) >= 11 is 0. The minimum absolute atomic E-state index is 0.345. The van der Waals surface area contributed by atoms with E-state index in [4.69, 9.17) is 24.4 Å². The summed E-state index contributed by atoms with van der Waals surface area (Å²) in [5.41, 5.74) is 0. The van der Waals surface area contributed by atoms with Crippen molar-refractivity contribution in [2.75, 3.05) is 13.2 Å². The Balaban J connectivity index is 0.000000436. The lowest BCUT2D eigenvalue weighted by atomic mass is 9.97. The standard InChI is InChI=1S/C18H36O2.C12H22O11/c1-2-3-4-5-6-7-8-9-10-11-12-13-14-15-16-17-18(19)20;13-1-3-5(15)6(16)9(19)12(22-3)23-10-4(2-14)21-11(20)8(18)7(10)17/h2-17H2,1H3,(H,19,20);3-20H,1-2H2/t;3-,4-,5+,6+,7-,8-,9-,10-,11?,12+/m.1/s1. The Hall–Kier alpha value is -0.970. The van der Waals surface area contributed by atoms with Gasteiger partial charge in [0.25, 0.3) is 0 Å². The number of rotatable bonds is 20. The molecule has 13 nitrogen and oxygen atoms in total. The van der Waals surface area contributed by atoms with Crippen LogP contribution in [0.3, 0.4) is 0 Å². The van der Waals surface area contributed by atoms with Crippen LogP contribution in [0.4, 0.5) is 0 Å². The zero-order valence-electron chi connectivity index (χ0n) is 25.7. The fourth-order valence-corrected chi connectivity index (χ4v) is 5.22. The molecule has 9 N–H and O–H groups in total. The Morgan fingerprint density at radius 3 is 1.49 bits per heavy atom. The van der Waals surface area contributed by atoms with Gasteiger partial charge in [-0.3, -0.25) is 4.79 Å². The molecule has 256 valence electrons. The zero-order chi connectivity index (χ0) is 32.2. The Morgan fingerprint density at radius 1 is 0.581 bits per heavy atom. The Labute approximate surface area is 255 Å². The highest BCUT2D eigenvalue weighted by Gasteiger charge is 2.50. The van der Waals surface area contributed by atoms with Crippen LogP contribution in [0, 0.1) is 0 Å². The van der Waals surface area contributed by atoms with Gasteiger partial charge < -0.3 is 60.2 Å². The lowest BCUT2D eigenvalue weighted by Crippen LogP contribution is -2.64. The van der Waals surface area contributed by atoms with Crippen LogP contribution >= 0.6 is 0 Å². The number of hydrogen-bond donors (Lipinski definition) is 9. The van der Waals surface area contributed by atoms with Crippen molar-refractivity contribution in [3.8, 4) is 0 Å². The van der Waals surface area contributed by atoms with Crippen molar-refractivity contribution in [3.05, 3.63) is 0 Å². The van der Waals surface area contributed by atoms with Crippen molar-refractivity contribution in [3.63, 3.8) is 0 Å². The molecule has 2 aliphatic rings. The summed E-state index contributed by atoms with van der Waals surface area (Å²) in [6.45, 7) is 0.925. The zero-order valence-corrected chi connectivity index (χ0v) is 25.7. The van der Waals surface area contributed by atoms with Gasteiger partial charge in [0.2, 0.25) is 0 Å². The van der Waals surface area contributed by atoms with E-state index in [1.165, 1.54) is 83.5 Å². The third kappa shape index (κ3) is 15.2. The highest BCUT2D eigenvalue weighted by atomic mass is 16.7. The molecular formula is C30H58O13. The molecule has 2 heterocycles. The lowest BCUT2D eigenvalue weighted by molar-refractivity contribution is -0.355. The number of aliphatic hydroxyl groups excluding tert-OH is 8. The average Bonchev–Trinajstić information content (AvgIpc) is 2.99. The Morgan fingerprint density at radius 2 is 1.05 bits per heavy atom. The van der Waals surface area contributed by atoms with Crippen LogP contribution in [0.5, 0.6) is 0 Å². The molecule has 2 rings (SSSR count). The average molecular weight is 627 g/mol. The van der Waals surface area contributed by atoms with E-state index in [9.17, 15) is 40.5 Å². The van der Waals surface area contributed by atoms with Gasteiger partial charge in [-0.05, 0) is 6.42 Å². The summed E-state index contributed by atoms with van der Waals surface area (Å²) in [7, 11) is 0. The largest absolute Gasteiger partial charge is 0.481 e. The molecule has 0 aromatic carbocycles. The fourth-order valence-electron chi connectivity index (χ4n) is 5.22. The smallest absolute Gasteiger partial charge is 0.303 e. The minimum Gasteiger partial charge on any atom is -0.481 e. The third-order valence-corrected chi connectivity index (χ3v) is 7.97. The van der Waals surface area contributed by atoms with Crippen molar-refractivity contribution in [2.24, 2.45) is 0 Å². The molecule has 0 saturated carbocycles. The SMILES string of the molecule is CCCCCCCCCCCCCCCCCC(=O)O.OC[C@H]1O[C@@H](O[C@H]2[C@H](O)[C@@H](O)C(O)O[C@@H]2CO)[C@H](O)[C@@H](O)[C@H]1O.